The molecule has 0 aromatic carbocycles. The van der Waals surface area contributed by atoms with Crippen LogP contribution in [0.5, 0.6) is 0 Å². The van der Waals surface area contributed by atoms with Gasteiger partial charge in [0.2, 0.25) is 5.91 Å². The summed E-state index contributed by atoms with van der Waals surface area (Å²) in [6.07, 6.45) is 1.55. The van der Waals surface area contributed by atoms with E-state index in [0.29, 0.717) is 13.2 Å². The van der Waals surface area contributed by atoms with Gasteiger partial charge in [0.05, 0.1) is 17.9 Å². The first-order valence-corrected chi connectivity index (χ1v) is 5.30. The summed E-state index contributed by atoms with van der Waals surface area (Å²) in [7, 11) is 0. The number of fused-ring (bicyclic) bond motifs is 1. The summed E-state index contributed by atoms with van der Waals surface area (Å²) in [5.41, 5.74) is 1.71. The van der Waals surface area contributed by atoms with Crippen LogP contribution in [-0.2, 0) is 16.1 Å². The predicted octanol–water partition coefficient (Wildman–Crippen LogP) is 1.31. The smallest absolute Gasteiger partial charge is 0.221 e. The van der Waals surface area contributed by atoms with E-state index in [4.69, 9.17) is 4.42 Å². The summed E-state index contributed by atoms with van der Waals surface area (Å²) in [6, 6.07) is 0. The maximum atomic E-state index is 10.8. The molecule has 0 unspecified atom stereocenters. The molecule has 1 aromatic heterocycles. The van der Waals surface area contributed by atoms with Crippen LogP contribution in [0.1, 0.15) is 26.3 Å². The maximum absolute atomic E-state index is 10.8. The number of carbonyl (C=O) groups excluding carboxylic acids is 2. The van der Waals surface area contributed by atoms with Gasteiger partial charge in [0.25, 0.3) is 0 Å². The molecule has 0 atom stereocenters. The Morgan fingerprint density at radius 1 is 1.35 bits per heavy atom. The van der Waals surface area contributed by atoms with Crippen LogP contribution in [0.15, 0.2) is 10.7 Å². The minimum absolute atomic E-state index is 0.0887. The fourth-order valence-electron chi connectivity index (χ4n) is 1.33. The Bertz CT molecular complexity index is 408. The molecule has 0 saturated heterocycles. The number of amides is 1. The van der Waals surface area contributed by atoms with Crippen LogP contribution in [0.25, 0.3) is 0 Å². The summed E-state index contributed by atoms with van der Waals surface area (Å²) in [4.78, 5) is 20.2. The lowest BCUT2D eigenvalue weighted by molar-refractivity contribution is -0.115. The quantitative estimate of drug-likeness (QED) is 0.688. The van der Waals surface area contributed by atoms with E-state index in [9.17, 15) is 9.59 Å². The van der Waals surface area contributed by atoms with Crippen LogP contribution >= 0.6 is 0 Å². The van der Waals surface area contributed by atoms with Crippen molar-refractivity contribution in [3.05, 3.63) is 11.8 Å². The van der Waals surface area contributed by atoms with Gasteiger partial charge >= 0.3 is 0 Å². The molecule has 1 aliphatic rings. The van der Waals surface area contributed by atoms with Crippen molar-refractivity contribution in [2.45, 2.75) is 27.3 Å². The van der Waals surface area contributed by atoms with Crippen LogP contribution in [0, 0.1) is 0 Å². The molecule has 94 valence electrons. The van der Waals surface area contributed by atoms with E-state index in [1.54, 1.807) is 6.26 Å². The number of ketones is 1. The Labute approximate surface area is 99.8 Å². The Hall–Kier alpha value is -1.82. The Balaban J connectivity index is 0.000000317. The van der Waals surface area contributed by atoms with Crippen molar-refractivity contribution >= 4 is 23.3 Å². The van der Waals surface area contributed by atoms with Gasteiger partial charge < -0.3 is 19.8 Å². The molecule has 2 rings (SSSR count). The minimum atomic E-state index is -0.0887. The number of hydrogen-bond donors (Lipinski definition) is 3. The van der Waals surface area contributed by atoms with Gasteiger partial charge in [0.15, 0.2) is 5.88 Å². The third kappa shape index (κ3) is 4.28. The van der Waals surface area contributed by atoms with Gasteiger partial charge in [0, 0.05) is 13.5 Å². The molecule has 6 heteroatoms. The molecule has 1 aromatic rings. The summed E-state index contributed by atoms with van der Waals surface area (Å²) in [5, 5.41) is 8.85. The van der Waals surface area contributed by atoms with E-state index in [-0.39, 0.29) is 11.7 Å². The zero-order valence-electron chi connectivity index (χ0n) is 10.2. The van der Waals surface area contributed by atoms with E-state index in [1.165, 1.54) is 20.8 Å². The maximum Gasteiger partial charge on any atom is 0.221 e. The summed E-state index contributed by atoms with van der Waals surface area (Å²) >= 11 is 0. The van der Waals surface area contributed by atoms with Gasteiger partial charge in [-0.3, -0.25) is 10.1 Å². The number of nitrogens with one attached hydrogen (secondary N) is 3. The lowest BCUT2D eigenvalue weighted by Gasteiger charge is -2.14. The van der Waals surface area contributed by atoms with Crippen LogP contribution in [0.3, 0.4) is 0 Å². The number of furan rings is 1. The molecule has 6 nitrogen and oxygen atoms in total. The highest BCUT2D eigenvalue weighted by Gasteiger charge is 2.16. The molecule has 0 spiro atoms. The Morgan fingerprint density at radius 2 is 2.00 bits per heavy atom. The van der Waals surface area contributed by atoms with E-state index in [0.717, 1.165) is 17.1 Å². The Kier molecular flexibility index (Phi) is 4.71. The molecular formula is C11H17N3O3. The topological polar surface area (TPSA) is 83.4 Å². The standard InChI is InChI=1S/C8H11N3O2.C3H6O/c1-5(12)11-7-3-13-8-6(7)2-9-4-10-8;1-3(2)4/h3,9-10H,2,4H2,1H3,(H,11,12);1-2H3. The average molecular weight is 239 g/mol. The molecule has 17 heavy (non-hydrogen) atoms. The highest BCUT2D eigenvalue weighted by Crippen LogP contribution is 2.28. The second-order valence-corrected chi connectivity index (χ2v) is 3.83. The van der Waals surface area contributed by atoms with Gasteiger partial charge in [-0.2, -0.15) is 0 Å². The van der Waals surface area contributed by atoms with E-state index in [1.807, 2.05) is 0 Å². The first-order valence-electron chi connectivity index (χ1n) is 5.30. The van der Waals surface area contributed by atoms with Gasteiger partial charge in [-0.05, 0) is 13.8 Å². The second-order valence-electron chi connectivity index (χ2n) is 3.83. The first kappa shape index (κ1) is 13.2. The largest absolute Gasteiger partial charge is 0.446 e. The fourth-order valence-corrected chi connectivity index (χ4v) is 1.33. The third-order valence-electron chi connectivity index (χ3n) is 1.88. The lowest BCUT2D eigenvalue weighted by atomic mass is 10.2. The molecule has 0 bridgehead atoms. The van der Waals surface area contributed by atoms with Crippen LogP contribution in [0.4, 0.5) is 11.6 Å². The summed E-state index contributed by atoms with van der Waals surface area (Å²) < 4.78 is 5.22. The average Bonchev–Trinajstić information content (AvgIpc) is 2.60. The first-order chi connectivity index (χ1) is 8.00. The van der Waals surface area contributed by atoms with Crippen molar-refractivity contribution in [2.75, 3.05) is 17.3 Å². The van der Waals surface area contributed by atoms with Crippen molar-refractivity contribution in [2.24, 2.45) is 0 Å². The summed E-state index contributed by atoms with van der Waals surface area (Å²) in [6.45, 7) is 5.94. The molecule has 3 N–H and O–H groups in total. The second kappa shape index (κ2) is 6.05. The zero-order chi connectivity index (χ0) is 12.8. The third-order valence-corrected chi connectivity index (χ3v) is 1.88. The number of carbonyl (C=O) groups is 2. The highest BCUT2D eigenvalue weighted by atomic mass is 16.3. The monoisotopic (exact) mass is 239 g/mol. The number of rotatable bonds is 1. The molecule has 1 aliphatic heterocycles. The SMILES string of the molecule is CC(=O)Nc1coc2c1CNCN2.CC(C)=O. The molecule has 0 aliphatic carbocycles. The molecule has 0 fully saturated rings. The van der Waals surface area contributed by atoms with Crippen molar-refractivity contribution < 1.29 is 14.0 Å². The Morgan fingerprint density at radius 3 is 2.59 bits per heavy atom. The molecule has 2 heterocycles. The molecule has 0 saturated carbocycles. The molecule has 1 amide bonds. The zero-order valence-corrected chi connectivity index (χ0v) is 10.2. The van der Waals surface area contributed by atoms with Gasteiger partial charge in [-0.15, -0.1) is 0 Å². The van der Waals surface area contributed by atoms with Gasteiger partial charge in [0.1, 0.15) is 12.0 Å². The van der Waals surface area contributed by atoms with Gasteiger partial charge in [-0.25, -0.2) is 0 Å². The van der Waals surface area contributed by atoms with Crippen molar-refractivity contribution in [3.8, 4) is 0 Å². The van der Waals surface area contributed by atoms with E-state index in [2.05, 4.69) is 16.0 Å². The van der Waals surface area contributed by atoms with Crippen LogP contribution < -0.4 is 16.0 Å². The fraction of sp³-hybridized carbons (Fsp3) is 0.455. The van der Waals surface area contributed by atoms with E-state index < -0.39 is 0 Å². The van der Waals surface area contributed by atoms with Gasteiger partial charge in [-0.1, -0.05) is 0 Å². The highest BCUT2D eigenvalue weighted by molar-refractivity contribution is 5.90. The van der Waals surface area contributed by atoms with E-state index >= 15 is 0 Å². The lowest BCUT2D eigenvalue weighted by Crippen LogP contribution is -2.27. The predicted molar refractivity (Wildman–Crippen MR) is 64.7 cm³/mol. The van der Waals surface area contributed by atoms with Crippen LogP contribution in [0.2, 0.25) is 0 Å². The van der Waals surface area contributed by atoms with Crippen molar-refractivity contribution in [1.29, 1.82) is 0 Å². The number of hydrogen-bond acceptors (Lipinski definition) is 5. The normalized spacial score (nSPS) is 12.6. The van der Waals surface area contributed by atoms with Crippen molar-refractivity contribution in [1.82, 2.24) is 5.32 Å². The molecule has 0 radical (unpaired) electrons. The summed E-state index contributed by atoms with van der Waals surface area (Å²) in [5.74, 6) is 0.816. The van der Waals surface area contributed by atoms with Crippen LogP contribution in [-0.4, -0.2) is 18.4 Å². The van der Waals surface area contributed by atoms with Crippen molar-refractivity contribution in [3.63, 3.8) is 0 Å². The number of anilines is 2. The molecular weight excluding hydrogens is 222 g/mol. The number of Topliss-reactive ketones (excluding diaryl/α,β-unsaturated/α-hetero) is 1. The minimum Gasteiger partial charge on any atom is -0.446 e.